The van der Waals surface area contributed by atoms with Crippen LogP contribution in [0, 0.1) is 5.82 Å². The minimum absolute atomic E-state index is 0.217. The number of benzene rings is 3. The molecule has 3 aromatic rings. The molecule has 1 fully saturated rings. The molecular formula is C24H19FN2O3S. The predicted molar refractivity (Wildman–Crippen MR) is 121 cm³/mol. The van der Waals surface area contributed by atoms with Crippen LogP contribution in [0.3, 0.4) is 0 Å². The monoisotopic (exact) mass is 434 g/mol. The van der Waals surface area contributed by atoms with E-state index in [2.05, 4.69) is 10.3 Å². The molecule has 1 N–H and O–H groups in total. The fourth-order valence-corrected chi connectivity index (χ4v) is 3.70. The minimum Gasteiger partial charge on any atom is -0.497 e. The number of nitrogens with zero attached hydrogens (tertiary/aromatic N) is 1. The summed E-state index contributed by atoms with van der Waals surface area (Å²) < 4.78 is 24.1. The fraction of sp³-hybridized carbons (Fsp3) is 0.0833. The topological polar surface area (TPSA) is 59.9 Å². The number of amides is 1. The normalized spacial score (nSPS) is 15.9. The molecule has 31 heavy (non-hydrogen) atoms. The standard InChI is InChI=1S/C24H19FN2O3S/c1-29-20-12-10-19(11-13-20)26-24-27-23(28)22(31-24)14-17-4-2-3-5-21(17)30-15-16-6-8-18(25)9-7-16/h2-14H,15H2,1H3,(H,26,27,28)/b22-14+. The molecule has 4 rings (SSSR count). The lowest BCUT2D eigenvalue weighted by Gasteiger charge is -2.09. The number of ether oxygens (including phenoxy) is 2. The Hall–Kier alpha value is -3.58. The van der Waals surface area contributed by atoms with Crippen molar-refractivity contribution in [3.05, 3.63) is 94.6 Å². The molecule has 0 unspecified atom stereocenters. The second-order valence-corrected chi connectivity index (χ2v) is 7.66. The van der Waals surface area contributed by atoms with Crippen LogP contribution in [0.4, 0.5) is 10.1 Å². The van der Waals surface area contributed by atoms with Gasteiger partial charge in [0.05, 0.1) is 17.7 Å². The number of halogens is 1. The molecule has 3 aromatic carbocycles. The van der Waals surface area contributed by atoms with Crippen molar-refractivity contribution in [2.24, 2.45) is 4.99 Å². The summed E-state index contributed by atoms with van der Waals surface area (Å²) in [6, 6.07) is 20.9. The van der Waals surface area contributed by atoms with Gasteiger partial charge < -0.3 is 14.8 Å². The van der Waals surface area contributed by atoms with Crippen molar-refractivity contribution in [2.75, 3.05) is 7.11 Å². The van der Waals surface area contributed by atoms with E-state index in [4.69, 9.17) is 9.47 Å². The smallest absolute Gasteiger partial charge is 0.264 e. The average Bonchev–Trinajstić information content (AvgIpc) is 3.13. The van der Waals surface area contributed by atoms with Crippen LogP contribution in [0.15, 0.2) is 82.7 Å². The molecule has 0 spiro atoms. The molecule has 0 radical (unpaired) electrons. The van der Waals surface area contributed by atoms with Crippen molar-refractivity contribution >= 4 is 34.6 Å². The highest BCUT2D eigenvalue weighted by Gasteiger charge is 2.24. The molecule has 1 amide bonds. The fourth-order valence-electron chi connectivity index (χ4n) is 2.87. The van der Waals surface area contributed by atoms with Crippen LogP contribution < -0.4 is 14.8 Å². The van der Waals surface area contributed by atoms with Crippen LogP contribution >= 0.6 is 11.8 Å². The highest BCUT2D eigenvalue weighted by molar-refractivity contribution is 8.18. The van der Waals surface area contributed by atoms with E-state index in [-0.39, 0.29) is 11.7 Å². The zero-order valence-corrected chi connectivity index (χ0v) is 17.5. The van der Waals surface area contributed by atoms with Crippen molar-refractivity contribution in [2.45, 2.75) is 6.61 Å². The first kappa shape index (κ1) is 20.7. The van der Waals surface area contributed by atoms with Gasteiger partial charge in [0, 0.05) is 5.56 Å². The molecule has 1 aliphatic heterocycles. The number of thioether (sulfide) groups is 1. The van der Waals surface area contributed by atoms with E-state index in [0.29, 0.717) is 28.1 Å². The number of hydrogen-bond acceptors (Lipinski definition) is 5. The first-order valence-corrected chi connectivity index (χ1v) is 10.3. The first-order chi connectivity index (χ1) is 15.1. The van der Waals surface area contributed by atoms with Crippen LogP contribution in [0.2, 0.25) is 0 Å². The summed E-state index contributed by atoms with van der Waals surface area (Å²) in [6.45, 7) is 0.296. The van der Waals surface area contributed by atoms with Gasteiger partial charge in [-0.1, -0.05) is 30.3 Å². The van der Waals surface area contributed by atoms with Crippen LogP contribution in [0.5, 0.6) is 11.5 Å². The SMILES string of the molecule is COc1ccc(N=C2NC(=O)/C(=C\c3ccccc3OCc3ccc(F)cc3)S2)cc1. The zero-order chi connectivity index (χ0) is 21.6. The highest BCUT2D eigenvalue weighted by Crippen LogP contribution is 2.31. The van der Waals surface area contributed by atoms with E-state index >= 15 is 0 Å². The van der Waals surface area contributed by atoms with E-state index < -0.39 is 0 Å². The third-order valence-corrected chi connectivity index (χ3v) is 5.38. The van der Waals surface area contributed by atoms with Crippen molar-refractivity contribution in [1.29, 1.82) is 0 Å². The maximum atomic E-state index is 13.1. The van der Waals surface area contributed by atoms with Crippen molar-refractivity contribution < 1.29 is 18.7 Å². The van der Waals surface area contributed by atoms with Crippen LogP contribution in [-0.4, -0.2) is 18.2 Å². The Bertz CT molecular complexity index is 1140. The van der Waals surface area contributed by atoms with Gasteiger partial charge in [-0.2, -0.15) is 0 Å². The van der Waals surface area contributed by atoms with Gasteiger partial charge in [0.2, 0.25) is 0 Å². The van der Waals surface area contributed by atoms with Crippen LogP contribution in [0.1, 0.15) is 11.1 Å². The number of aliphatic imine (C=N–C) groups is 1. The van der Waals surface area contributed by atoms with Gasteiger partial charge in [-0.05, 0) is 65.9 Å². The maximum absolute atomic E-state index is 13.1. The second kappa shape index (κ2) is 9.49. The van der Waals surface area contributed by atoms with Crippen LogP contribution in [0.25, 0.3) is 6.08 Å². The number of nitrogens with one attached hydrogen (secondary N) is 1. The quantitative estimate of drug-likeness (QED) is 0.535. The van der Waals surface area contributed by atoms with E-state index in [1.165, 1.54) is 23.9 Å². The van der Waals surface area contributed by atoms with Crippen molar-refractivity contribution in [3.8, 4) is 11.5 Å². The van der Waals surface area contributed by atoms with Crippen molar-refractivity contribution in [1.82, 2.24) is 5.32 Å². The Morgan fingerprint density at radius 1 is 1.03 bits per heavy atom. The maximum Gasteiger partial charge on any atom is 0.264 e. The van der Waals surface area contributed by atoms with Gasteiger partial charge in [0.15, 0.2) is 5.17 Å². The molecule has 0 saturated carbocycles. The van der Waals surface area contributed by atoms with Gasteiger partial charge >= 0.3 is 0 Å². The number of carbonyl (C=O) groups excluding carboxylic acids is 1. The molecule has 0 atom stereocenters. The van der Waals surface area contributed by atoms with E-state index in [0.717, 1.165) is 16.9 Å². The summed E-state index contributed by atoms with van der Waals surface area (Å²) in [6.07, 6.45) is 1.77. The van der Waals surface area contributed by atoms with Gasteiger partial charge in [0.1, 0.15) is 23.9 Å². The zero-order valence-electron chi connectivity index (χ0n) is 16.7. The Morgan fingerprint density at radius 3 is 2.52 bits per heavy atom. The molecule has 0 aromatic heterocycles. The molecule has 0 aliphatic carbocycles. The Balaban J connectivity index is 1.49. The summed E-state index contributed by atoms with van der Waals surface area (Å²) in [5, 5.41) is 3.29. The lowest BCUT2D eigenvalue weighted by molar-refractivity contribution is -0.115. The number of carbonyl (C=O) groups is 1. The lowest BCUT2D eigenvalue weighted by Crippen LogP contribution is -2.19. The first-order valence-electron chi connectivity index (χ1n) is 9.50. The second-order valence-electron chi connectivity index (χ2n) is 6.63. The van der Waals surface area contributed by atoms with Gasteiger partial charge in [-0.3, -0.25) is 4.79 Å². The lowest BCUT2D eigenvalue weighted by atomic mass is 10.2. The molecule has 7 heteroatoms. The average molecular weight is 434 g/mol. The molecule has 156 valence electrons. The molecule has 1 aliphatic rings. The number of hydrogen-bond donors (Lipinski definition) is 1. The number of para-hydroxylation sites is 1. The van der Waals surface area contributed by atoms with Gasteiger partial charge in [-0.25, -0.2) is 9.38 Å². The number of rotatable bonds is 6. The summed E-state index contributed by atoms with van der Waals surface area (Å²) in [5.74, 6) is 0.869. The number of amidine groups is 1. The van der Waals surface area contributed by atoms with Gasteiger partial charge in [0.25, 0.3) is 5.91 Å². The van der Waals surface area contributed by atoms with E-state index in [1.807, 2.05) is 48.5 Å². The van der Waals surface area contributed by atoms with Crippen LogP contribution in [-0.2, 0) is 11.4 Å². The summed E-state index contributed by atoms with van der Waals surface area (Å²) >= 11 is 1.27. The summed E-state index contributed by atoms with van der Waals surface area (Å²) in [5.41, 5.74) is 2.34. The summed E-state index contributed by atoms with van der Waals surface area (Å²) in [7, 11) is 1.60. The molecule has 0 bridgehead atoms. The molecule has 1 heterocycles. The third kappa shape index (κ3) is 5.32. The Kier molecular flexibility index (Phi) is 6.33. The summed E-state index contributed by atoms with van der Waals surface area (Å²) in [4.78, 5) is 17.4. The number of methoxy groups -OCH3 is 1. The highest BCUT2D eigenvalue weighted by atomic mass is 32.2. The van der Waals surface area contributed by atoms with Crippen molar-refractivity contribution in [3.63, 3.8) is 0 Å². The largest absolute Gasteiger partial charge is 0.497 e. The Labute approximate surface area is 183 Å². The van der Waals surface area contributed by atoms with E-state index in [1.54, 1.807) is 25.3 Å². The molecule has 5 nitrogen and oxygen atoms in total. The molecule has 1 saturated heterocycles. The minimum atomic E-state index is -0.287. The molecular weight excluding hydrogens is 415 g/mol. The predicted octanol–water partition coefficient (Wildman–Crippen LogP) is 5.30. The Morgan fingerprint density at radius 2 is 1.77 bits per heavy atom. The third-order valence-electron chi connectivity index (χ3n) is 4.47. The van der Waals surface area contributed by atoms with Gasteiger partial charge in [-0.15, -0.1) is 0 Å². The van der Waals surface area contributed by atoms with E-state index in [9.17, 15) is 9.18 Å².